The molecule has 0 amide bonds. The smallest absolute Gasteiger partial charge is 0.303 e. The van der Waals surface area contributed by atoms with Crippen LogP contribution >= 0.6 is 0 Å². The molecule has 0 heterocycles. The molecule has 2 aromatic carbocycles. The number of carboxylic acid groups (broad SMARTS) is 1. The Labute approximate surface area is 165 Å². The second-order valence-corrected chi connectivity index (χ2v) is 7.59. The first-order valence-electron chi connectivity index (χ1n) is 9.81. The molecule has 3 rings (SSSR count). The number of rotatable bonds is 8. The number of halogens is 1. The molecule has 0 aliphatic heterocycles. The van der Waals surface area contributed by atoms with Gasteiger partial charge in [-0.15, -0.1) is 0 Å². The molecule has 0 atom stereocenters. The molecule has 148 valence electrons. The number of carboxylic acids is 1. The molecular formula is C24H27FO3. The van der Waals surface area contributed by atoms with Crippen molar-refractivity contribution in [3.63, 3.8) is 0 Å². The highest BCUT2D eigenvalue weighted by Crippen LogP contribution is 2.31. The molecule has 3 nitrogen and oxygen atoms in total. The molecule has 1 aliphatic carbocycles. The normalized spacial score (nSPS) is 13.8. The topological polar surface area (TPSA) is 46.5 Å². The van der Waals surface area contributed by atoms with E-state index in [1.165, 1.54) is 23.3 Å². The lowest BCUT2D eigenvalue weighted by molar-refractivity contribution is -0.136. The van der Waals surface area contributed by atoms with Crippen LogP contribution in [0.15, 0.2) is 47.5 Å². The summed E-state index contributed by atoms with van der Waals surface area (Å²) >= 11 is 0. The van der Waals surface area contributed by atoms with E-state index in [0.29, 0.717) is 13.0 Å². The fourth-order valence-corrected chi connectivity index (χ4v) is 3.79. The van der Waals surface area contributed by atoms with Crippen LogP contribution in [0.1, 0.15) is 47.9 Å². The maximum Gasteiger partial charge on any atom is 0.303 e. The van der Waals surface area contributed by atoms with Crippen molar-refractivity contribution < 1.29 is 19.0 Å². The Balaban J connectivity index is 1.67. The van der Waals surface area contributed by atoms with Gasteiger partial charge in [-0.1, -0.05) is 23.8 Å². The van der Waals surface area contributed by atoms with Gasteiger partial charge in [-0.05, 0) is 92.0 Å². The summed E-state index contributed by atoms with van der Waals surface area (Å²) in [4.78, 5) is 10.8. The Morgan fingerprint density at radius 1 is 1.07 bits per heavy atom. The van der Waals surface area contributed by atoms with Crippen LogP contribution in [-0.2, 0) is 17.6 Å². The van der Waals surface area contributed by atoms with E-state index in [9.17, 15) is 9.18 Å². The summed E-state index contributed by atoms with van der Waals surface area (Å²) in [5.41, 5.74) is 7.03. The van der Waals surface area contributed by atoms with Gasteiger partial charge in [0.25, 0.3) is 0 Å². The Morgan fingerprint density at radius 2 is 1.79 bits per heavy atom. The minimum absolute atomic E-state index is 0.139. The molecule has 0 radical (unpaired) electrons. The zero-order chi connectivity index (χ0) is 20.1. The van der Waals surface area contributed by atoms with Gasteiger partial charge in [0.15, 0.2) is 0 Å². The Kier molecular flexibility index (Phi) is 6.50. The van der Waals surface area contributed by atoms with Crippen molar-refractivity contribution in [1.82, 2.24) is 0 Å². The first-order valence-corrected chi connectivity index (χ1v) is 9.81. The molecule has 0 bridgehead atoms. The van der Waals surface area contributed by atoms with E-state index in [0.717, 1.165) is 53.7 Å². The molecule has 0 aromatic heterocycles. The van der Waals surface area contributed by atoms with Crippen LogP contribution in [0.25, 0.3) is 0 Å². The van der Waals surface area contributed by atoms with E-state index in [2.05, 4.69) is 0 Å². The molecular weight excluding hydrogens is 355 g/mol. The van der Waals surface area contributed by atoms with Gasteiger partial charge in [-0.2, -0.15) is 0 Å². The van der Waals surface area contributed by atoms with E-state index in [4.69, 9.17) is 9.84 Å². The van der Waals surface area contributed by atoms with Gasteiger partial charge in [0.1, 0.15) is 18.2 Å². The lowest BCUT2D eigenvalue weighted by atomic mass is 10.0. The van der Waals surface area contributed by atoms with E-state index in [-0.39, 0.29) is 12.2 Å². The number of aryl methyl sites for hydroxylation is 3. The summed E-state index contributed by atoms with van der Waals surface area (Å²) in [5.74, 6) is -0.123. The van der Waals surface area contributed by atoms with Gasteiger partial charge in [-0.25, -0.2) is 4.39 Å². The molecule has 4 heteroatoms. The second-order valence-electron chi connectivity index (χ2n) is 7.59. The van der Waals surface area contributed by atoms with Crippen molar-refractivity contribution in [1.29, 1.82) is 0 Å². The molecule has 2 aromatic rings. The predicted octanol–water partition coefficient (Wildman–Crippen LogP) is 5.56. The summed E-state index contributed by atoms with van der Waals surface area (Å²) in [6.07, 6.45) is 4.79. The van der Waals surface area contributed by atoms with Gasteiger partial charge in [0, 0.05) is 6.42 Å². The summed E-state index contributed by atoms with van der Waals surface area (Å²) in [7, 11) is 0. The fourth-order valence-electron chi connectivity index (χ4n) is 3.79. The van der Waals surface area contributed by atoms with Gasteiger partial charge in [-0.3, -0.25) is 4.79 Å². The quantitative estimate of drug-likeness (QED) is 0.608. The molecule has 28 heavy (non-hydrogen) atoms. The number of ether oxygens (including phenoxy) is 1. The summed E-state index contributed by atoms with van der Waals surface area (Å²) < 4.78 is 19.2. The van der Waals surface area contributed by atoms with Crippen molar-refractivity contribution in [2.24, 2.45) is 0 Å². The highest BCUT2D eigenvalue weighted by atomic mass is 19.1. The number of benzene rings is 2. The van der Waals surface area contributed by atoms with Crippen LogP contribution in [0.2, 0.25) is 0 Å². The van der Waals surface area contributed by atoms with Crippen LogP contribution in [-0.4, -0.2) is 17.7 Å². The number of allylic oxidation sites excluding steroid dienone is 1. The van der Waals surface area contributed by atoms with Crippen LogP contribution in [0.4, 0.5) is 4.39 Å². The number of carbonyl (C=O) groups is 1. The van der Waals surface area contributed by atoms with E-state index >= 15 is 0 Å². The van der Waals surface area contributed by atoms with Crippen molar-refractivity contribution in [2.75, 3.05) is 6.61 Å². The standard InChI is InChI=1S/C24H27FO3/c1-16-13-23(17(2)12-19(16)8-11-24(26)27)28-15-21-5-3-4-20(21)14-18-6-9-22(25)10-7-18/h6-7,9-10,12-13H,3-5,8,11,14-15H2,1-2H3,(H,26,27). The Bertz CT molecular complexity index is 881. The van der Waals surface area contributed by atoms with Crippen LogP contribution in [0, 0.1) is 19.7 Å². The molecule has 1 aliphatic rings. The van der Waals surface area contributed by atoms with Crippen LogP contribution in [0.5, 0.6) is 5.75 Å². The third-order valence-corrected chi connectivity index (χ3v) is 5.43. The molecule has 0 saturated carbocycles. The van der Waals surface area contributed by atoms with Crippen molar-refractivity contribution in [3.05, 3.63) is 75.6 Å². The third-order valence-electron chi connectivity index (χ3n) is 5.43. The number of hydrogen-bond donors (Lipinski definition) is 1. The first-order chi connectivity index (χ1) is 13.4. The zero-order valence-corrected chi connectivity index (χ0v) is 16.6. The highest BCUT2D eigenvalue weighted by molar-refractivity contribution is 5.67. The van der Waals surface area contributed by atoms with Crippen LogP contribution in [0.3, 0.4) is 0 Å². The monoisotopic (exact) mass is 382 g/mol. The van der Waals surface area contributed by atoms with Crippen molar-refractivity contribution in [2.45, 2.75) is 52.4 Å². The minimum atomic E-state index is -0.778. The van der Waals surface area contributed by atoms with E-state index in [1.54, 1.807) is 0 Å². The average Bonchev–Trinajstić information content (AvgIpc) is 3.09. The molecule has 1 N–H and O–H groups in total. The average molecular weight is 382 g/mol. The van der Waals surface area contributed by atoms with Gasteiger partial charge in [0.2, 0.25) is 0 Å². The lowest BCUT2D eigenvalue weighted by Gasteiger charge is -2.15. The summed E-state index contributed by atoms with van der Waals surface area (Å²) in [6, 6.07) is 10.8. The fraction of sp³-hybridized carbons (Fsp3) is 0.375. The maximum atomic E-state index is 13.1. The molecule has 0 unspecified atom stereocenters. The Hall–Kier alpha value is -2.62. The summed E-state index contributed by atoms with van der Waals surface area (Å²) in [6.45, 7) is 4.57. The lowest BCUT2D eigenvalue weighted by Crippen LogP contribution is -2.05. The molecule has 0 saturated heterocycles. The maximum absolute atomic E-state index is 13.1. The summed E-state index contributed by atoms with van der Waals surface area (Å²) in [5, 5.41) is 8.89. The largest absolute Gasteiger partial charge is 0.489 e. The van der Waals surface area contributed by atoms with Gasteiger partial charge >= 0.3 is 5.97 Å². The molecule has 0 fully saturated rings. The third kappa shape index (κ3) is 5.22. The van der Waals surface area contributed by atoms with Crippen molar-refractivity contribution in [3.8, 4) is 5.75 Å². The Morgan fingerprint density at radius 3 is 2.50 bits per heavy atom. The number of aliphatic carboxylic acids is 1. The van der Waals surface area contributed by atoms with Crippen molar-refractivity contribution >= 4 is 5.97 Å². The van der Waals surface area contributed by atoms with Gasteiger partial charge in [0.05, 0.1) is 0 Å². The second kappa shape index (κ2) is 9.05. The minimum Gasteiger partial charge on any atom is -0.489 e. The SMILES string of the molecule is Cc1cc(OCC2=C(Cc3ccc(F)cc3)CCC2)c(C)cc1CCC(=O)O. The van der Waals surface area contributed by atoms with Crippen LogP contribution < -0.4 is 4.74 Å². The number of hydrogen-bond acceptors (Lipinski definition) is 2. The highest BCUT2D eigenvalue weighted by Gasteiger charge is 2.16. The van der Waals surface area contributed by atoms with Gasteiger partial charge < -0.3 is 9.84 Å². The van der Waals surface area contributed by atoms with E-state index in [1.807, 2.05) is 38.1 Å². The first kappa shape index (κ1) is 20.1. The molecule has 0 spiro atoms. The predicted molar refractivity (Wildman–Crippen MR) is 108 cm³/mol. The van der Waals surface area contributed by atoms with E-state index < -0.39 is 5.97 Å². The zero-order valence-electron chi connectivity index (χ0n) is 16.6.